The van der Waals surface area contributed by atoms with Crippen LogP contribution in [0.5, 0.6) is 0 Å². The Bertz CT molecular complexity index is 284. The van der Waals surface area contributed by atoms with E-state index in [1.165, 1.54) is 0 Å². The van der Waals surface area contributed by atoms with Crippen molar-refractivity contribution in [1.29, 1.82) is 0 Å². The third kappa shape index (κ3) is 4.77. The predicted octanol–water partition coefficient (Wildman–Crippen LogP) is 1.72. The summed E-state index contributed by atoms with van der Waals surface area (Å²) in [6.07, 6.45) is 2.93. The van der Waals surface area contributed by atoms with Gasteiger partial charge in [0, 0.05) is 18.6 Å². The van der Waals surface area contributed by atoms with E-state index >= 15 is 0 Å². The number of aliphatic hydroxyl groups is 1. The van der Waals surface area contributed by atoms with E-state index < -0.39 is 0 Å². The molecule has 0 heterocycles. The largest absolute Gasteiger partial charge is 0.393 e. The molecule has 1 aliphatic carbocycles. The van der Waals surface area contributed by atoms with Crippen molar-refractivity contribution in [3.8, 4) is 0 Å². The summed E-state index contributed by atoms with van der Waals surface area (Å²) >= 11 is 0. The van der Waals surface area contributed by atoms with Crippen LogP contribution in [0.2, 0.25) is 0 Å². The number of rotatable bonds is 6. The van der Waals surface area contributed by atoms with Gasteiger partial charge in [-0.1, -0.05) is 6.42 Å². The Hall–Kier alpha value is -0.610. The predicted molar refractivity (Wildman–Crippen MR) is 78.0 cm³/mol. The average molecular weight is 270 g/mol. The van der Waals surface area contributed by atoms with Gasteiger partial charge >= 0.3 is 0 Å². The maximum atomic E-state index is 12.3. The Labute approximate surface area is 117 Å². The first-order chi connectivity index (χ1) is 8.82. The summed E-state index contributed by atoms with van der Waals surface area (Å²) in [6.45, 7) is 9.48. The molecule has 1 saturated carbocycles. The summed E-state index contributed by atoms with van der Waals surface area (Å²) in [7, 11) is 1.97. The van der Waals surface area contributed by atoms with E-state index in [1.807, 2.05) is 11.9 Å². The number of carbonyl (C=O) groups is 1. The zero-order valence-corrected chi connectivity index (χ0v) is 13.1. The number of hydrogen-bond acceptors (Lipinski definition) is 3. The van der Waals surface area contributed by atoms with E-state index in [0.29, 0.717) is 12.5 Å². The van der Waals surface area contributed by atoms with Gasteiger partial charge in [-0.2, -0.15) is 0 Å². The smallest absolute Gasteiger partial charge is 0.237 e. The lowest BCUT2D eigenvalue weighted by molar-refractivity contribution is -0.135. The molecule has 112 valence electrons. The summed E-state index contributed by atoms with van der Waals surface area (Å²) in [5, 5.41) is 9.84. The van der Waals surface area contributed by atoms with E-state index in [-0.39, 0.29) is 24.1 Å². The summed E-state index contributed by atoms with van der Waals surface area (Å²) < 4.78 is 0. The highest BCUT2D eigenvalue weighted by molar-refractivity contribution is 5.78. The van der Waals surface area contributed by atoms with Crippen molar-refractivity contribution in [2.24, 2.45) is 5.92 Å². The minimum Gasteiger partial charge on any atom is -0.393 e. The van der Waals surface area contributed by atoms with Crippen molar-refractivity contribution >= 4 is 5.91 Å². The van der Waals surface area contributed by atoms with Crippen LogP contribution >= 0.6 is 0 Å². The Morgan fingerprint density at radius 3 is 2.21 bits per heavy atom. The molecule has 1 rings (SSSR count). The summed E-state index contributed by atoms with van der Waals surface area (Å²) in [5.41, 5.74) is 0. The molecule has 0 aliphatic heterocycles. The molecule has 19 heavy (non-hydrogen) atoms. The molecule has 2 atom stereocenters. The lowest BCUT2D eigenvalue weighted by Gasteiger charge is -2.33. The van der Waals surface area contributed by atoms with Crippen molar-refractivity contribution < 1.29 is 9.90 Å². The van der Waals surface area contributed by atoms with Crippen LogP contribution in [0, 0.1) is 5.92 Å². The molecule has 0 radical (unpaired) electrons. The molecule has 4 heteroatoms. The number of hydrogen-bond donors (Lipinski definition) is 1. The number of carbonyl (C=O) groups excluding carboxylic acids is 1. The van der Waals surface area contributed by atoms with E-state index in [2.05, 4.69) is 32.6 Å². The summed E-state index contributed by atoms with van der Waals surface area (Å²) in [4.78, 5) is 16.3. The average Bonchev–Trinajstić information content (AvgIpc) is 2.62. The van der Waals surface area contributed by atoms with E-state index in [9.17, 15) is 9.90 Å². The van der Waals surface area contributed by atoms with Gasteiger partial charge in [0.15, 0.2) is 0 Å². The van der Waals surface area contributed by atoms with Gasteiger partial charge < -0.3 is 10.0 Å². The maximum Gasteiger partial charge on any atom is 0.237 e. The molecule has 1 fully saturated rings. The van der Waals surface area contributed by atoms with Crippen LogP contribution in [0.3, 0.4) is 0 Å². The first-order valence-electron chi connectivity index (χ1n) is 7.50. The first-order valence-corrected chi connectivity index (χ1v) is 7.50. The molecule has 4 nitrogen and oxygen atoms in total. The van der Waals surface area contributed by atoms with Crippen LogP contribution in [-0.4, -0.2) is 59.1 Å². The van der Waals surface area contributed by atoms with Crippen LogP contribution in [-0.2, 0) is 4.79 Å². The molecule has 0 aromatic heterocycles. The Morgan fingerprint density at radius 1 is 1.21 bits per heavy atom. The highest BCUT2D eigenvalue weighted by atomic mass is 16.3. The lowest BCUT2D eigenvalue weighted by Crippen LogP contribution is -2.47. The molecule has 0 aromatic carbocycles. The van der Waals surface area contributed by atoms with Crippen LogP contribution in [0.4, 0.5) is 0 Å². The molecular formula is C15H30N2O2. The fraction of sp³-hybridized carbons (Fsp3) is 0.933. The quantitative estimate of drug-likeness (QED) is 0.799. The minimum absolute atomic E-state index is 0.177. The van der Waals surface area contributed by atoms with Gasteiger partial charge in [0.25, 0.3) is 0 Å². The van der Waals surface area contributed by atoms with Gasteiger partial charge in [0.2, 0.25) is 5.91 Å². The maximum absolute atomic E-state index is 12.3. The molecule has 1 N–H and O–H groups in total. The van der Waals surface area contributed by atoms with Gasteiger partial charge in [0.1, 0.15) is 0 Å². The molecule has 2 unspecified atom stereocenters. The van der Waals surface area contributed by atoms with Crippen molar-refractivity contribution in [1.82, 2.24) is 9.80 Å². The highest BCUT2D eigenvalue weighted by Gasteiger charge is 2.27. The monoisotopic (exact) mass is 270 g/mol. The van der Waals surface area contributed by atoms with Gasteiger partial charge in [-0.3, -0.25) is 9.69 Å². The minimum atomic E-state index is -0.177. The van der Waals surface area contributed by atoms with Crippen molar-refractivity contribution in [2.45, 2.75) is 65.1 Å². The van der Waals surface area contributed by atoms with Crippen molar-refractivity contribution in [2.75, 3.05) is 20.1 Å². The Kier molecular flexibility index (Phi) is 6.27. The summed E-state index contributed by atoms with van der Waals surface area (Å²) in [6, 6.07) is 0.468. The van der Waals surface area contributed by atoms with Crippen LogP contribution in [0.15, 0.2) is 0 Å². The Balaban J connectivity index is 2.46. The fourth-order valence-corrected chi connectivity index (χ4v) is 3.18. The second-order valence-corrected chi connectivity index (χ2v) is 6.44. The zero-order chi connectivity index (χ0) is 14.6. The second kappa shape index (κ2) is 7.25. The number of likely N-dealkylation sites (N-methyl/N-ethyl adjacent to an activating group) is 1. The molecule has 1 aliphatic rings. The topological polar surface area (TPSA) is 43.8 Å². The van der Waals surface area contributed by atoms with Gasteiger partial charge in [-0.15, -0.1) is 0 Å². The SMILES string of the molecule is CC(C)N(C(=O)CN(C)CC1CCCC1O)C(C)C. The number of amides is 1. The van der Waals surface area contributed by atoms with Gasteiger partial charge in [-0.05, 0) is 53.5 Å². The molecule has 0 bridgehead atoms. The standard InChI is InChI=1S/C15H30N2O2/c1-11(2)17(12(3)4)15(19)10-16(5)9-13-7-6-8-14(13)18/h11-14,18H,6-10H2,1-5H3. The van der Waals surface area contributed by atoms with Crippen molar-refractivity contribution in [3.63, 3.8) is 0 Å². The summed E-state index contributed by atoms with van der Waals surface area (Å²) in [5.74, 6) is 0.518. The molecular weight excluding hydrogens is 240 g/mol. The van der Waals surface area contributed by atoms with Crippen molar-refractivity contribution in [3.05, 3.63) is 0 Å². The molecule has 0 saturated heterocycles. The molecule has 1 amide bonds. The third-order valence-electron chi connectivity index (χ3n) is 3.97. The van der Waals surface area contributed by atoms with E-state index in [4.69, 9.17) is 0 Å². The number of aliphatic hydroxyl groups excluding tert-OH is 1. The van der Waals surface area contributed by atoms with Crippen LogP contribution < -0.4 is 0 Å². The second-order valence-electron chi connectivity index (χ2n) is 6.44. The first kappa shape index (κ1) is 16.4. The third-order valence-corrected chi connectivity index (χ3v) is 3.97. The highest BCUT2D eigenvalue weighted by Crippen LogP contribution is 2.25. The van der Waals surface area contributed by atoms with Crippen LogP contribution in [0.25, 0.3) is 0 Å². The normalized spacial score (nSPS) is 23.6. The van der Waals surface area contributed by atoms with Gasteiger partial charge in [-0.25, -0.2) is 0 Å². The number of nitrogens with zero attached hydrogens (tertiary/aromatic N) is 2. The van der Waals surface area contributed by atoms with Gasteiger partial charge in [0.05, 0.1) is 12.6 Å². The zero-order valence-electron chi connectivity index (χ0n) is 13.1. The fourth-order valence-electron chi connectivity index (χ4n) is 3.18. The molecule has 0 spiro atoms. The molecule has 0 aromatic rings. The van der Waals surface area contributed by atoms with Crippen LogP contribution in [0.1, 0.15) is 47.0 Å². The lowest BCUT2D eigenvalue weighted by atomic mass is 10.1. The van der Waals surface area contributed by atoms with E-state index in [1.54, 1.807) is 0 Å². The Morgan fingerprint density at radius 2 is 1.79 bits per heavy atom. The van der Waals surface area contributed by atoms with E-state index in [0.717, 1.165) is 25.8 Å².